The molecule has 0 aliphatic rings. The zero-order chi connectivity index (χ0) is 10.7. The topological polar surface area (TPSA) is 29.5 Å². The van der Waals surface area contributed by atoms with Crippen LogP contribution >= 0.6 is 15.9 Å². The minimum atomic E-state index is 0.140. The van der Waals surface area contributed by atoms with E-state index >= 15 is 0 Å². The van der Waals surface area contributed by atoms with Crippen LogP contribution < -0.4 is 4.74 Å². The monoisotopic (exact) mass is 258 g/mol. The van der Waals surface area contributed by atoms with Gasteiger partial charge in [-0.3, -0.25) is 0 Å². The molecular weight excluding hydrogens is 244 g/mol. The van der Waals surface area contributed by atoms with E-state index < -0.39 is 0 Å². The number of ether oxygens (including phenoxy) is 1. The van der Waals surface area contributed by atoms with Gasteiger partial charge in [-0.25, -0.2) is 0 Å². The van der Waals surface area contributed by atoms with E-state index in [0.29, 0.717) is 0 Å². The average molecular weight is 259 g/mol. The van der Waals surface area contributed by atoms with Crippen LogP contribution in [0.2, 0.25) is 0 Å². The Morgan fingerprint density at radius 1 is 1.50 bits per heavy atom. The van der Waals surface area contributed by atoms with Crippen LogP contribution in [0.1, 0.15) is 24.0 Å². The molecule has 14 heavy (non-hydrogen) atoms. The van der Waals surface area contributed by atoms with Crippen LogP contribution in [0.15, 0.2) is 16.6 Å². The fraction of sp³-hybridized carbons (Fsp3) is 0.455. The second-order valence-electron chi connectivity index (χ2n) is 3.41. The molecule has 1 aromatic carbocycles. The molecule has 78 valence electrons. The smallest absolute Gasteiger partial charge is 0.123 e. The fourth-order valence-electron chi connectivity index (χ4n) is 1.28. The Morgan fingerprint density at radius 2 is 2.14 bits per heavy atom. The third-order valence-corrected chi connectivity index (χ3v) is 3.21. The van der Waals surface area contributed by atoms with Gasteiger partial charge in [-0.2, -0.15) is 0 Å². The van der Waals surface area contributed by atoms with E-state index in [1.807, 2.05) is 26.0 Å². The van der Waals surface area contributed by atoms with Crippen LogP contribution in [0, 0.1) is 6.92 Å². The van der Waals surface area contributed by atoms with Crippen molar-refractivity contribution in [3.05, 3.63) is 27.7 Å². The first-order valence-electron chi connectivity index (χ1n) is 4.55. The molecule has 0 aliphatic carbocycles. The van der Waals surface area contributed by atoms with Gasteiger partial charge in [-0.15, -0.1) is 0 Å². The average Bonchev–Trinajstić information content (AvgIpc) is 2.20. The van der Waals surface area contributed by atoms with Crippen LogP contribution in [-0.2, 0) is 0 Å². The van der Waals surface area contributed by atoms with Gasteiger partial charge in [0.2, 0.25) is 0 Å². The number of hydrogen-bond acceptors (Lipinski definition) is 2. The van der Waals surface area contributed by atoms with Crippen molar-refractivity contribution < 1.29 is 9.84 Å². The Bertz CT molecular complexity index is 323. The predicted octanol–water partition coefficient (Wildman–Crippen LogP) is 2.86. The van der Waals surface area contributed by atoms with Crippen LogP contribution in [0.4, 0.5) is 0 Å². The van der Waals surface area contributed by atoms with Crippen molar-refractivity contribution in [3.8, 4) is 5.75 Å². The zero-order valence-electron chi connectivity index (χ0n) is 8.67. The van der Waals surface area contributed by atoms with E-state index in [4.69, 9.17) is 9.84 Å². The molecule has 1 aromatic rings. The van der Waals surface area contributed by atoms with Crippen LogP contribution in [-0.4, -0.2) is 18.8 Å². The number of benzene rings is 1. The summed E-state index contributed by atoms with van der Waals surface area (Å²) in [5, 5.41) is 9.06. The Labute approximate surface area is 93.0 Å². The number of hydrogen-bond donors (Lipinski definition) is 1. The molecule has 0 spiro atoms. The maximum absolute atomic E-state index is 9.06. The summed E-state index contributed by atoms with van der Waals surface area (Å²) >= 11 is 3.47. The van der Waals surface area contributed by atoms with Crippen molar-refractivity contribution in [2.75, 3.05) is 13.7 Å². The van der Waals surface area contributed by atoms with Gasteiger partial charge in [0.15, 0.2) is 0 Å². The van der Waals surface area contributed by atoms with E-state index in [0.717, 1.165) is 21.3 Å². The van der Waals surface area contributed by atoms with Gasteiger partial charge in [-0.05, 0) is 24.6 Å². The maximum atomic E-state index is 9.06. The summed E-state index contributed by atoms with van der Waals surface area (Å²) in [5.41, 5.74) is 2.17. The van der Waals surface area contributed by atoms with Crippen LogP contribution in [0.5, 0.6) is 5.75 Å². The second-order valence-corrected chi connectivity index (χ2v) is 4.27. The highest BCUT2D eigenvalue weighted by Crippen LogP contribution is 2.30. The Hall–Kier alpha value is -0.540. The van der Waals surface area contributed by atoms with E-state index in [1.165, 1.54) is 0 Å². The Balaban J connectivity index is 3.16. The van der Waals surface area contributed by atoms with Crippen molar-refractivity contribution >= 4 is 15.9 Å². The summed E-state index contributed by atoms with van der Waals surface area (Å²) in [6, 6.07) is 4.00. The normalized spacial score (nSPS) is 12.6. The molecule has 0 aromatic heterocycles. The largest absolute Gasteiger partial charge is 0.496 e. The van der Waals surface area contributed by atoms with Gasteiger partial charge in [-0.1, -0.05) is 22.9 Å². The van der Waals surface area contributed by atoms with Gasteiger partial charge in [0.25, 0.3) is 0 Å². The molecule has 0 heterocycles. The van der Waals surface area contributed by atoms with Crippen molar-refractivity contribution in [2.45, 2.75) is 19.8 Å². The van der Waals surface area contributed by atoms with Crippen molar-refractivity contribution in [2.24, 2.45) is 0 Å². The summed E-state index contributed by atoms with van der Waals surface area (Å²) < 4.78 is 6.27. The molecule has 0 bridgehead atoms. The van der Waals surface area contributed by atoms with E-state index in [9.17, 15) is 0 Å². The lowest BCUT2D eigenvalue weighted by molar-refractivity contribution is 0.272. The molecule has 0 radical (unpaired) electrons. The Morgan fingerprint density at radius 3 is 2.64 bits per heavy atom. The van der Waals surface area contributed by atoms with E-state index in [-0.39, 0.29) is 12.5 Å². The maximum Gasteiger partial charge on any atom is 0.123 e. The van der Waals surface area contributed by atoms with Crippen molar-refractivity contribution in [1.29, 1.82) is 0 Å². The molecule has 0 aliphatic heterocycles. The minimum Gasteiger partial charge on any atom is -0.496 e. The zero-order valence-corrected chi connectivity index (χ0v) is 10.3. The fourth-order valence-corrected chi connectivity index (χ4v) is 1.74. The first-order chi connectivity index (χ1) is 6.60. The third kappa shape index (κ3) is 2.28. The van der Waals surface area contributed by atoms with Gasteiger partial charge in [0.05, 0.1) is 7.11 Å². The molecule has 1 N–H and O–H groups in total. The summed E-state index contributed by atoms with van der Waals surface area (Å²) in [7, 11) is 1.65. The van der Waals surface area contributed by atoms with E-state index in [2.05, 4.69) is 15.9 Å². The summed E-state index contributed by atoms with van der Waals surface area (Å²) in [6.07, 6.45) is 0. The lowest BCUT2D eigenvalue weighted by atomic mass is 10.0. The molecule has 0 amide bonds. The standard InChI is InChI=1S/C11H15BrO2/c1-7(6-13)9-4-10(12)8(2)11(5-9)14-3/h4-5,7,13H,6H2,1-3H3. The lowest BCUT2D eigenvalue weighted by Crippen LogP contribution is -2.00. The predicted molar refractivity (Wildman–Crippen MR) is 60.9 cm³/mol. The molecule has 1 unspecified atom stereocenters. The number of aliphatic hydroxyl groups excluding tert-OH is 1. The molecule has 1 atom stereocenters. The van der Waals surface area contributed by atoms with Crippen molar-refractivity contribution in [1.82, 2.24) is 0 Å². The van der Waals surface area contributed by atoms with Crippen LogP contribution in [0.25, 0.3) is 0 Å². The number of methoxy groups -OCH3 is 1. The highest BCUT2D eigenvalue weighted by Gasteiger charge is 2.10. The molecule has 0 fully saturated rings. The molecule has 3 heteroatoms. The van der Waals surface area contributed by atoms with Gasteiger partial charge >= 0.3 is 0 Å². The molecule has 2 nitrogen and oxygen atoms in total. The van der Waals surface area contributed by atoms with Gasteiger partial charge < -0.3 is 9.84 Å². The molecule has 0 saturated heterocycles. The summed E-state index contributed by atoms with van der Waals surface area (Å²) in [5.74, 6) is 0.996. The van der Waals surface area contributed by atoms with Gasteiger partial charge in [0, 0.05) is 22.6 Å². The number of aliphatic hydroxyl groups is 1. The summed E-state index contributed by atoms with van der Waals surface area (Å²) in [4.78, 5) is 0. The van der Waals surface area contributed by atoms with Gasteiger partial charge in [0.1, 0.15) is 5.75 Å². The SMILES string of the molecule is COc1cc(C(C)CO)cc(Br)c1C. The second kappa shape index (κ2) is 4.80. The quantitative estimate of drug-likeness (QED) is 0.904. The highest BCUT2D eigenvalue weighted by atomic mass is 79.9. The van der Waals surface area contributed by atoms with Crippen molar-refractivity contribution in [3.63, 3.8) is 0 Å². The summed E-state index contributed by atoms with van der Waals surface area (Å²) in [6.45, 7) is 4.13. The molecule has 0 saturated carbocycles. The number of halogens is 1. The molecule has 1 rings (SSSR count). The number of rotatable bonds is 3. The minimum absolute atomic E-state index is 0.140. The first kappa shape index (κ1) is 11.5. The lowest BCUT2D eigenvalue weighted by Gasteiger charge is -2.13. The van der Waals surface area contributed by atoms with Crippen LogP contribution in [0.3, 0.4) is 0 Å². The molecular formula is C11H15BrO2. The Kier molecular flexibility index (Phi) is 3.96. The van der Waals surface area contributed by atoms with E-state index in [1.54, 1.807) is 7.11 Å². The first-order valence-corrected chi connectivity index (χ1v) is 5.34. The highest BCUT2D eigenvalue weighted by molar-refractivity contribution is 9.10. The third-order valence-electron chi connectivity index (χ3n) is 2.38.